The van der Waals surface area contributed by atoms with E-state index in [-0.39, 0.29) is 29.2 Å². The first kappa shape index (κ1) is 19.6. The van der Waals surface area contributed by atoms with Gasteiger partial charge < -0.3 is 10.2 Å². The van der Waals surface area contributed by atoms with Gasteiger partial charge in [-0.3, -0.25) is 4.79 Å². The predicted octanol–water partition coefficient (Wildman–Crippen LogP) is 1.99. The molecule has 0 saturated carbocycles. The number of sulfone groups is 1. The van der Waals surface area contributed by atoms with Crippen LogP contribution >= 0.6 is 34.4 Å². The molecule has 0 spiro atoms. The lowest BCUT2D eigenvalue weighted by Crippen LogP contribution is -2.38. The third-order valence-corrected chi connectivity index (χ3v) is 8.79. The lowest BCUT2D eigenvalue weighted by molar-refractivity contribution is -0.128. The van der Waals surface area contributed by atoms with E-state index in [2.05, 4.69) is 27.0 Å². The Kier molecular flexibility index (Phi) is 6.54. The van der Waals surface area contributed by atoms with E-state index in [4.69, 9.17) is 0 Å². The van der Waals surface area contributed by atoms with Gasteiger partial charge in [-0.2, -0.15) is 0 Å². The predicted molar refractivity (Wildman–Crippen MR) is 107 cm³/mol. The van der Waals surface area contributed by atoms with E-state index in [1.807, 2.05) is 6.07 Å². The van der Waals surface area contributed by atoms with E-state index in [1.165, 1.54) is 28.0 Å². The van der Waals surface area contributed by atoms with Crippen LogP contribution in [-0.2, 0) is 21.1 Å². The topological polar surface area (TPSA) is 92.3 Å². The highest BCUT2D eigenvalue weighted by Crippen LogP contribution is 2.26. The highest BCUT2D eigenvalue weighted by Gasteiger charge is 2.32. The number of anilines is 1. The highest BCUT2D eigenvalue weighted by molar-refractivity contribution is 8.01. The van der Waals surface area contributed by atoms with Crippen molar-refractivity contribution >= 4 is 55.3 Å². The van der Waals surface area contributed by atoms with Crippen molar-refractivity contribution in [3.8, 4) is 0 Å². The van der Waals surface area contributed by atoms with Crippen LogP contribution < -0.4 is 5.32 Å². The quantitative estimate of drug-likeness (QED) is 0.638. The van der Waals surface area contributed by atoms with Gasteiger partial charge in [0.05, 0.1) is 17.3 Å². The second-order valence-corrected chi connectivity index (χ2v) is 11.4. The largest absolute Gasteiger partial charge is 0.360 e. The lowest BCUT2D eigenvalue weighted by atomic mass is 10.2. The van der Waals surface area contributed by atoms with Crippen LogP contribution in [-0.4, -0.2) is 66.3 Å². The molecule has 2 aromatic heterocycles. The summed E-state index contributed by atoms with van der Waals surface area (Å²) in [5.74, 6) is 0.382. The van der Waals surface area contributed by atoms with E-state index in [0.717, 1.165) is 22.4 Å². The zero-order chi connectivity index (χ0) is 18.6. The van der Waals surface area contributed by atoms with Crippen LogP contribution in [0, 0.1) is 0 Å². The van der Waals surface area contributed by atoms with E-state index in [9.17, 15) is 13.2 Å². The Bertz CT molecular complexity index is 835. The zero-order valence-corrected chi connectivity index (χ0v) is 17.5. The first-order valence-electron chi connectivity index (χ1n) is 8.11. The monoisotopic (exact) mass is 432 g/mol. The van der Waals surface area contributed by atoms with Crippen molar-refractivity contribution in [1.29, 1.82) is 0 Å². The standard InChI is InChI=1S/C15H20N4O3S4/c1-19(11-5-8-26(21,22)10-11)13(20)9-24-15-18-17-14(25-15)16-6-4-12-3-2-7-23-12/h2-3,7,11H,4-6,8-10H2,1H3,(H,16,17)/t11-/m1/s1. The fourth-order valence-corrected chi connectivity index (χ4v) is 6.78. The van der Waals surface area contributed by atoms with Crippen LogP contribution in [0.4, 0.5) is 5.13 Å². The Morgan fingerprint density at radius 2 is 2.31 bits per heavy atom. The van der Waals surface area contributed by atoms with E-state index >= 15 is 0 Å². The molecular formula is C15H20N4O3S4. The van der Waals surface area contributed by atoms with E-state index < -0.39 is 9.84 Å². The summed E-state index contributed by atoms with van der Waals surface area (Å²) in [5.41, 5.74) is 0. The lowest BCUT2D eigenvalue weighted by Gasteiger charge is -2.22. The first-order chi connectivity index (χ1) is 12.4. The first-order valence-corrected chi connectivity index (χ1v) is 12.6. The molecule has 0 radical (unpaired) electrons. The number of rotatable bonds is 8. The molecule has 2 aromatic rings. The summed E-state index contributed by atoms with van der Waals surface area (Å²) >= 11 is 4.49. The van der Waals surface area contributed by atoms with Crippen molar-refractivity contribution in [3.63, 3.8) is 0 Å². The zero-order valence-electron chi connectivity index (χ0n) is 14.3. The summed E-state index contributed by atoms with van der Waals surface area (Å²) in [6, 6.07) is 3.93. The van der Waals surface area contributed by atoms with Crippen LogP contribution in [0.25, 0.3) is 0 Å². The molecule has 1 saturated heterocycles. The fraction of sp³-hybridized carbons (Fsp3) is 0.533. The molecule has 1 fully saturated rings. The maximum atomic E-state index is 12.3. The molecule has 1 amide bonds. The molecule has 11 heteroatoms. The third kappa shape index (κ3) is 5.41. The fourth-order valence-electron chi connectivity index (χ4n) is 2.60. The van der Waals surface area contributed by atoms with Gasteiger partial charge in [0.1, 0.15) is 0 Å². The summed E-state index contributed by atoms with van der Waals surface area (Å²) in [6.07, 6.45) is 1.46. The van der Waals surface area contributed by atoms with Crippen molar-refractivity contribution in [3.05, 3.63) is 22.4 Å². The van der Waals surface area contributed by atoms with Gasteiger partial charge in [0.15, 0.2) is 14.2 Å². The average Bonchev–Trinajstić information content (AvgIpc) is 3.33. The Hall–Kier alpha value is -1.17. The number of carbonyl (C=O) groups excluding carboxylic acids is 1. The highest BCUT2D eigenvalue weighted by atomic mass is 32.2. The van der Waals surface area contributed by atoms with Gasteiger partial charge in [0.2, 0.25) is 11.0 Å². The van der Waals surface area contributed by atoms with Gasteiger partial charge in [0.25, 0.3) is 0 Å². The Labute approximate surface area is 165 Å². The molecule has 0 aliphatic carbocycles. The molecular weight excluding hydrogens is 412 g/mol. The molecule has 26 heavy (non-hydrogen) atoms. The Morgan fingerprint density at radius 3 is 3.00 bits per heavy atom. The number of amides is 1. The number of hydrogen-bond donors (Lipinski definition) is 1. The molecule has 0 unspecified atom stereocenters. The van der Waals surface area contributed by atoms with Gasteiger partial charge in [-0.1, -0.05) is 29.2 Å². The van der Waals surface area contributed by atoms with Gasteiger partial charge in [-0.05, 0) is 24.3 Å². The molecule has 1 atom stereocenters. The van der Waals surface area contributed by atoms with Crippen LogP contribution in [0.3, 0.4) is 0 Å². The van der Waals surface area contributed by atoms with Gasteiger partial charge in [0, 0.05) is 24.5 Å². The van der Waals surface area contributed by atoms with Crippen LogP contribution in [0.2, 0.25) is 0 Å². The second kappa shape index (κ2) is 8.68. The Morgan fingerprint density at radius 1 is 1.46 bits per heavy atom. The number of thiophene rings is 1. The molecule has 3 heterocycles. The van der Waals surface area contributed by atoms with Gasteiger partial charge >= 0.3 is 0 Å². The minimum absolute atomic E-state index is 0.0665. The minimum Gasteiger partial charge on any atom is -0.360 e. The van der Waals surface area contributed by atoms with Crippen molar-refractivity contribution < 1.29 is 13.2 Å². The van der Waals surface area contributed by atoms with Crippen molar-refractivity contribution in [2.75, 3.05) is 36.2 Å². The second-order valence-electron chi connectivity index (χ2n) is 5.98. The van der Waals surface area contributed by atoms with Gasteiger partial charge in [-0.25, -0.2) is 8.42 Å². The number of thioether (sulfide) groups is 1. The number of nitrogens with zero attached hydrogens (tertiary/aromatic N) is 3. The smallest absolute Gasteiger partial charge is 0.233 e. The molecule has 3 rings (SSSR count). The van der Waals surface area contributed by atoms with Crippen molar-refractivity contribution in [1.82, 2.24) is 15.1 Å². The van der Waals surface area contributed by atoms with Gasteiger partial charge in [-0.15, -0.1) is 21.5 Å². The summed E-state index contributed by atoms with van der Waals surface area (Å²) < 4.78 is 23.8. The molecule has 1 N–H and O–H groups in total. The molecule has 0 bridgehead atoms. The van der Waals surface area contributed by atoms with Crippen molar-refractivity contribution in [2.45, 2.75) is 23.2 Å². The molecule has 142 valence electrons. The molecule has 7 nitrogen and oxygen atoms in total. The third-order valence-electron chi connectivity index (χ3n) is 4.10. The number of nitrogens with one attached hydrogen (secondary N) is 1. The summed E-state index contributed by atoms with van der Waals surface area (Å²) in [7, 11) is -1.32. The minimum atomic E-state index is -2.99. The number of hydrogen-bond acceptors (Lipinski definition) is 9. The summed E-state index contributed by atoms with van der Waals surface area (Å²) in [6.45, 7) is 0.789. The normalized spacial score (nSPS) is 18.7. The molecule has 1 aliphatic rings. The van der Waals surface area contributed by atoms with Crippen LogP contribution in [0.15, 0.2) is 21.9 Å². The van der Waals surface area contributed by atoms with Crippen LogP contribution in [0.5, 0.6) is 0 Å². The molecule has 0 aromatic carbocycles. The van der Waals surface area contributed by atoms with E-state index in [1.54, 1.807) is 23.3 Å². The maximum Gasteiger partial charge on any atom is 0.233 e. The van der Waals surface area contributed by atoms with Crippen LogP contribution in [0.1, 0.15) is 11.3 Å². The average molecular weight is 433 g/mol. The summed E-state index contributed by atoms with van der Waals surface area (Å²) in [4.78, 5) is 15.1. The molecule has 1 aliphatic heterocycles. The maximum absolute atomic E-state index is 12.3. The summed E-state index contributed by atoms with van der Waals surface area (Å²) in [5, 5.41) is 14.2. The Balaban J connectivity index is 1.41. The number of aromatic nitrogens is 2. The SMILES string of the molecule is CN(C(=O)CSc1nnc(NCCc2cccs2)s1)[C@@H]1CCS(=O)(=O)C1. The number of carbonyl (C=O) groups is 1. The van der Waals surface area contributed by atoms with Crippen molar-refractivity contribution in [2.24, 2.45) is 0 Å². The van der Waals surface area contributed by atoms with E-state index in [0.29, 0.717) is 6.42 Å².